The molecule has 1 rings (SSSR count). The van der Waals surface area contributed by atoms with Crippen molar-refractivity contribution >= 4 is 11.7 Å². The third kappa shape index (κ3) is 4.82. The summed E-state index contributed by atoms with van der Waals surface area (Å²) in [7, 11) is 0. The highest BCUT2D eigenvalue weighted by Crippen LogP contribution is 2.09. The molecule has 0 bridgehead atoms. The average Bonchev–Trinajstić information content (AvgIpc) is 2.27. The summed E-state index contributed by atoms with van der Waals surface area (Å²) < 4.78 is 4.85. The smallest absolute Gasteiger partial charge is 0.305 e. The molecule has 0 saturated carbocycles. The molecule has 0 aliphatic carbocycles. The number of nitrogen functional groups attached to an aromatic ring is 1. The molecule has 0 aliphatic rings. The van der Waals surface area contributed by atoms with Gasteiger partial charge in [-0.25, -0.2) is 0 Å². The molecule has 0 unspecified atom stereocenters. The van der Waals surface area contributed by atoms with E-state index in [9.17, 15) is 4.79 Å². The second kappa shape index (κ2) is 6.88. The van der Waals surface area contributed by atoms with Gasteiger partial charge in [-0.2, -0.15) is 0 Å². The van der Waals surface area contributed by atoms with Crippen LogP contribution in [-0.2, 0) is 16.0 Å². The predicted octanol–water partition coefficient (Wildman–Crippen LogP) is 2.54. The Morgan fingerprint density at radius 2 is 1.94 bits per heavy atom. The molecule has 2 N–H and O–H groups in total. The summed E-state index contributed by atoms with van der Waals surface area (Å²) in [5.74, 6) is -0.0974. The van der Waals surface area contributed by atoms with E-state index < -0.39 is 0 Å². The first kappa shape index (κ1) is 12.6. The molecule has 0 radical (unpaired) electrons. The van der Waals surface area contributed by atoms with Crippen LogP contribution >= 0.6 is 0 Å². The lowest BCUT2D eigenvalue weighted by Crippen LogP contribution is -2.03. The van der Waals surface area contributed by atoms with E-state index >= 15 is 0 Å². The van der Waals surface area contributed by atoms with Crippen LogP contribution in [0, 0.1) is 0 Å². The number of anilines is 1. The summed E-state index contributed by atoms with van der Waals surface area (Å²) in [4.78, 5) is 11.1. The molecule has 1 aromatic carbocycles. The second-order valence-electron chi connectivity index (χ2n) is 3.75. The normalized spacial score (nSPS) is 10.1. The minimum atomic E-state index is -0.0974. The van der Waals surface area contributed by atoms with Gasteiger partial charge < -0.3 is 10.5 Å². The van der Waals surface area contributed by atoms with Crippen LogP contribution < -0.4 is 5.73 Å². The minimum absolute atomic E-state index is 0.0974. The first-order chi connectivity index (χ1) is 7.72. The maximum Gasteiger partial charge on any atom is 0.305 e. The highest BCUT2D eigenvalue weighted by molar-refractivity contribution is 5.69. The third-order valence-electron chi connectivity index (χ3n) is 2.38. The van der Waals surface area contributed by atoms with Crippen LogP contribution in [0.15, 0.2) is 24.3 Å². The van der Waals surface area contributed by atoms with E-state index in [0.717, 1.165) is 24.9 Å². The van der Waals surface area contributed by atoms with Gasteiger partial charge in [0.2, 0.25) is 0 Å². The number of carbonyl (C=O) groups is 1. The number of nitrogens with two attached hydrogens (primary N) is 1. The Hall–Kier alpha value is -1.51. The Morgan fingerprint density at radius 1 is 1.25 bits per heavy atom. The Morgan fingerprint density at radius 3 is 2.56 bits per heavy atom. The van der Waals surface area contributed by atoms with Crippen molar-refractivity contribution in [3.63, 3.8) is 0 Å². The summed E-state index contributed by atoms with van der Waals surface area (Å²) >= 11 is 0. The van der Waals surface area contributed by atoms with Gasteiger partial charge in [0.15, 0.2) is 0 Å². The van der Waals surface area contributed by atoms with Gasteiger partial charge in [-0.05, 0) is 43.9 Å². The highest BCUT2D eigenvalue weighted by atomic mass is 16.5. The van der Waals surface area contributed by atoms with Crippen molar-refractivity contribution in [2.45, 2.75) is 32.6 Å². The van der Waals surface area contributed by atoms with Gasteiger partial charge in [0, 0.05) is 12.1 Å². The van der Waals surface area contributed by atoms with E-state index in [-0.39, 0.29) is 5.97 Å². The summed E-state index contributed by atoms with van der Waals surface area (Å²) in [5.41, 5.74) is 7.64. The molecule has 1 aromatic rings. The molecule has 16 heavy (non-hydrogen) atoms. The first-order valence-corrected chi connectivity index (χ1v) is 5.72. The number of aryl methyl sites for hydroxylation is 1. The Kier molecular flexibility index (Phi) is 5.40. The molecule has 3 heteroatoms. The van der Waals surface area contributed by atoms with Crippen LogP contribution in [0.4, 0.5) is 5.69 Å². The van der Waals surface area contributed by atoms with Gasteiger partial charge in [-0.3, -0.25) is 4.79 Å². The first-order valence-electron chi connectivity index (χ1n) is 5.72. The molecule has 0 aliphatic heterocycles. The van der Waals surface area contributed by atoms with Crippen molar-refractivity contribution in [1.82, 2.24) is 0 Å². The van der Waals surface area contributed by atoms with Gasteiger partial charge in [-0.15, -0.1) is 0 Å². The number of benzene rings is 1. The summed E-state index contributed by atoms with van der Waals surface area (Å²) in [6, 6.07) is 7.86. The number of hydrogen-bond acceptors (Lipinski definition) is 3. The molecule has 0 atom stereocenters. The standard InChI is InChI=1S/C13H19NO2/c1-2-16-13(15)6-4-3-5-11-7-9-12(14)10-8-11/h7-10H,2-6,14H2,1H3. The zero-order valence-electron chi connectivity index (χ0n) is 9.74. The van der Waals surface area contributed by atoms with Crippen LogP contribution in [0.1, 0.15) is 31.7 Å². The van der Waals surface area contributed by atoms with E-state index in [1.165, 1.54) is 5.56 Å². The second-order valence-corrected chi connectivity index (χ2v) is 3.75. The van der Waals surface area contributed by atoms with Crippen LogP contribution in [0.2, 0.25) is 0 Å². The molecule has 3 nitrogen and oxygen atoms in total. The summed E-state index contributed by atoms with van der Waals surface area (Å²) in [5, 5.41) is 0. The van der Waals surface area contributed by atoms with E-state index in [1.54, 1.807) is 0 Å². The van der Waals surface area contributed by atoms with Crippen LogP contribution in [0.3, 0.4) is 0 Å². The predicted molar refractivity (Wildman–Crippen MR) is 65.0 cm³/mol. The average molecular weight is 221 g/mol. The number of hydrogen-bond donors (Lipinski definition) is 1. The Labute approximate surface area is 96.6 Å². The van der Waals surface area contributed by atoms with E-state index in [0.29, 0.717) is 13.0 Å². The monoisotopic (exact) mass is 221 g/mol. The number of ether oxygens (including phenoxy) is 1. The van der Waals surface area contributed by atoms with E-state index in [2.05, 4.69) is 0 Å². The SMILES string of the molecule is CCOC(=O)CCCCc1ccc(N)cc1. The number of unbranched alkanes of at least 4 members (excludes halogenated alkanes) is 1. The summed E-state index contributed by atoms with van der Waals surface area (Å²) in [6.45, 7) is 2.29. The van der Waals surface area contributed by atoms with Crippen molar-refractivity contribution < 1.29 is 9.53 Å². The molecule has 0 amide bonds. The van der Waals surface area contributed by atoms with Crippen molar-refractivity contribution in [3.8, 4) is 0 Å². The Bertz CT molecular complexity index is 319. The zero-order chi connectivity index (χ0) is 11.8. The lowest BCUT2D eigenvalue weighted by Gasteiger charge is -2.03. The van der Waals surface area contributed by atoms with Crippen molar-refractivity contribution in [2.75, 3.05) is 12.3 Å². The molecule has 0 heterocycles. The van der Waals surface area contributed by atoms with Crippen molar-refractivity contribution in [3.05, 3.63) is 29.8 Å². The molecule has 0 spiro atoms. The molecular formula is C13H19NO2. The van der Waals surface area contributed by atoms with Gasteiger partial charge in [-0.1, -0.05) is 12.1 Å². The van der Waals surface area contributed by atoms with Gasteiger partial charge in [0.05, 0.1) is 6.61 Å². The topological polar surface area (TPSA) is 52.3 Å². The fourth-order valence-corrected chi connectivity index (χ4v) is 1.52. The highest BCUT2D eigenvalue weighted by Gasteiger charge is 2.01. The number of rotatable bonds is 6. The number of esters is 1. The largest absolute Gasteiger partial charge is 0.466 e. The lowest BCUT2D eigenvalue weighted by atomic mass is 10.1. The molecule has 0 aromatic heterocycles. The van der Waals surface area contributed by atoms with E-state index in [1.807, 2.05) is 31.2 Å². The molecular weight excluding hydrogens is 202 g/mol. The maximum atomic E-state index is 11.1. The maximum absolute atomic E-state index is 11.1. The molecule has 0 fully saturated rings. The fraction of sp³-hybridized carbons (Fsp3) is 0.462. The molecule has 88 valence electrons. The van der Waals surface area contributed by atoms with Gasteiger partial charge in [0.25, 0.3) is 0 Å². The summed E-state index contributed by atoms with van der Waals surface area (Å²) in [6.07, 6.45) is 3.38. The number of carbonyl (C=O) groups excluding carboxylic acids is 1. The van der Waals surface area contributed by atoms with Gasteiger partial charge >= 0.3 is 5.97 Å². The third-order valence-corrected chi connectivity index (χ3v) is 2.38. The quantitative estimate of drug-likeness (QED) is 0.456. The van der Waals surface area contributed by atoms with Gasteiger partial charge in [0.1, 0.15) is 0 Å². The lowest BCUT2D eigenvalue weighted by molar-refractivity contribution is -0.143. The van der Waals surface area contributed by atoms with E-state index in [4.69, 9.17) is 10.5 Å². The fourth-order valence-electron chi connectivity index (χ4n) is 1.52. The van der Waals surface area contributed by atoms with Crippen molar-refractivity contribution in [1.29, 1.82) is 0 Å². The van der Waals surface area contributed by atoms with Crippen LogP contribution in [0.25, 0.3) is 0 Å². The van der Waals surface area contributed by atoms with Crippen LogP contribution in [-0.4, -0.2) is 12.6 Å². The zero-order valence-corrected chi connectivity index (χ0v) is 9.74. The molecule has 0 saturated heterocycles. The van der Waals surface area contributed by atoms with Crippen LogP contribution in [0.5, 0.6) is 0 Å². The Balaban J connectivity index is 2.16. The minimum Gasteiger partial charge on any atom is -0.466 e. The van der Waals surface area contributed by atoms with Crippen molar-refractivity contribution in [2.24, 2.45) is 0 Å².